The standard InChI is InChI=1S/C12H23N3O3/c1-8(2)6-15(7-11(14)16)12(17)10-4-3-9(5-13)18-10/h8-10H,3-7,13H2,1-2H3,(H2,14,16)/t9-,10+/m1/s1. The number of amides is 2. The summed E-state index contributed by atoms with van der Waals surface area (Å²) in [4.78, 5) is 24.7. The Morgan fingerprint density at radius 2 is 2.06 bits per heavy atom. The minimum Gasteiger partial charge on any atom is -0.368 e. The Morgan fingerprint density at radius 3 is 2.50 bits per heavy atom. The van der Waals surface area contributed by atoms with Crippen molar-refractivity contribution in [2.45, 2.75) is 38.9 Å². The van der Waals surface area contributed by atoms with Gasteiger partial charge < -0.3 is 21.1 Å². The predicted molar refractivity (Wildman–Crippen MR) is 67.6 cm³/mol. The topological polar surface area (TPSA) is 98.7 Å². The van der Waals surface area contributed by atoms with E-state index in [-0.39, 0.29) is 24.5 Å². The van der Waals surface area contributed by atoms with Gasteiger partial charge in [0.25, 0.3) is 5.91 Å². The molecule has 6 nitrogen and oxygen atoms in total. The van der Waals surface area contributed by atoms with E-state index < -0.39 is 12.0 Å². The first-order valence-electron chi connectivity index (χ1n) is 6.36. The maximum absolute atomic E-state index is 12.2. The molecule has 1 heterocycles. The van der Waals surface area contributed by atoms with Crippen LogP contribution in [-0.2, 0) is 14.3 Å². The molecule has 2 amide bonds. The van der Waals surface area contributed by atoms with E-state index in [1.165, 1.54) is 4.90 Å². The Labute approximate surface area is 108 Å². The molecular formula is C12H23N3O3. The molecule has 1 fully saturated rings. The van der Waals surface area contributed by atoms with Gasteiger partial charge in [-0.05, 0) is 18.8 Å². The highest BCUT2D eigenvalue weighted by atomic mass is 16.5. The molecule has 0 aliphatic carbocycles. The van der Waals surface area contributed by atoms with Crippen LogP contribution in [0, 0.1) is 5.92 Å². The molecule has 18 heavy (non-hydrogen) atoms. The van der Waals surface area contributed by atoms with Crippen molar-refractivity contribution in [1.82, 2.24) is 4.90 Å². The summed E-state index contributed by atoms with van der Waals surface area (Å²) in [7, 11) is 0. The normalized spacial score (nSPS) is 23.3. The van der Waals surface area contributed by atoms with Crippen LogP contribution >= 0.6 is 0 Å². The lowest BCUT2D eigenvalue weighted by atomic mass is 10.1. The minimum absolute atomic E-state index is 0.0478. The highest BCUT2D eigenvalue weighted by Gasteiger charge is 2.33. The fourth-order valence-electron chi connectivity index (χ4n) is 2.13. The van der Waals surface area contributed by atoms with E-state index in [1.807, 2.05) is 13.8 Å². The first-order valence-corrected chi connectivity index (χ1v) is 6.36. The molecular weight excluding hydrogens is 234 g/mol. The quantitative estimate of drug-likeness (QED) is 0.667. The molecule has 2 atom stereocenters. The molecule has 1 aliphatic rings. The molecule has 0 radical (unpaired) electrons. The highest BCUT2D eigenvalue weighted by Crippen LogP contribution is 2.21. The van der Waals surface area contributed by atoms with Gasteiger partial charge in [0.1, 0.15) is 6.10 Å². The van der Waals surface area contributed by atoms with Gasteiger partial charge in [0, 0.05) is 13.1 Å². The molecule has 1 rings (SSSR count). The predicted octanol–water partition coefficient (Wildman–Crippen LogP) is -0.537. The van der Waals surface area contributed by atoms with Crippen molar-refractivity contribution in [1.29, 1.82) is 0 Å². The fraction of sp³-hybridized carbons (Fsp3) is 0.833. The number of hydrogen-bond donors (Lipinski definition) is 2. The van der Waals surface area contributed by atoms with Crippen molar-refractivity contribution in [3.05, 3.63) is 0 Å². The molecule has 0 bridgehead atoms. The molecule has 1 aliphatic heterocycles. The Kier molecular flexibility index (Phi) is 5.55. The number of nitrogens with two attached hydrogens (primary N) is 2. The molecule has 0 saturated carbocycles. The summed E-state index contributed by atoms with van der Waals surface area (Å²) in [5, 5.41) is 0. The highest BCUT2D eigenvalue weighted by molar-refractivity contribution is 5.86. The second-order valence-electron chi connectivity index (χ2n) is 5.14. The number of carbonyl (C=O) groups is 2. The van der Waals surface area contributed by atoms with Crippen molar-refractivity contribution in [3.8, 4) is 0 Å². The van der Waals surface area contributed by atoms with Crippen LogP contribution in [0.2, 0.25) is 0 Å². The van der Waals surface area contributed by atoms with Crippen molar-refractivity contribution in [2.75, 3.05) is 19.6 Å². The minimum atomic E-state index is -0.502. The molecule has 0 unspecified atom stereocenters. The van der Waals surface area contributed by atoms with Gasteiger partial charge in [0.15, 0.2) is 0 Å². The van der Waals surface area contributed by atoms with Crippen LogP contribution < -0.4 is 11.5 Å². The SMILES string of the molecule is CC(C)CN(CC(N)=O)C(=O)[C@@H]1CC[C@H](CN)O1. The number of carbonyl (C=O) groups excluding carboxylic acids is 2. The lowest BCUT2D eigenvalue weighted by Gasteiger charge is -2.26. The third-order valence-electron chi connectivity index (χ3n) is 2.89. The zero-order valence-electron chi connectivity index (χ0n) is 11.1. The van der Waals surface area contributed by atoms with Gasteiger partial charge in [-0.25, -0.2) is 0 Å². The molecule has 0 spiro atoms. The van der Waals surface area contributed by atoms with E-state index in [2.05, 4.69) is 0 Å². The number of ether oxygens (including phenoxy) is 1. The average molecular weight is 257 g/mol. The number of hydrogen-bond acceptors (Lipinski definition) is 4. The molecule has 0 aromatic carbocycles. The number of nitrogens with zero attached hydrogens (tertiary/aromatic N) is 1. The molecule has 6 heteroatoms. The lowest BCUT2D eigenvalue weighted by Crippen LogP contribution is -2.45. The van der Waals surface area contributed by atoms with E-state index in [0.29, 0.717) is 19.5 Å². The van der Waals surface area contributed by atoms with E-state index >= 15 is 0 Å². The third-order valence-corrected chi connectivity index (χ3v) is 2.89. The third kappa shape index (κ3) is 4.27. The summed E-state index contributed by atoms with van der Waals surface area (Å²) >= 11 is 0. The molecule has 0 aromatic rings. The van der Waals surface area contributed by atoms with Crippen molar-refractivity contribution in [3.63, 3.8) is 0 Å². The maximum Gasteiger partial charge on any atom is 0.252 e. The van der Waals surface area contributed by atoms with Crippen LogP contribution in [0.5, 0.6) is 0 Å². The van der Waals surface area contributed by atoms with Crippen LogP contribution in [0.15, 0.2) is 0 Å². The first-order chi connectivity index (χ1) is 8.43. The Bertz CT molecular complexity index is 307. The van der Waals surface area contributed by atoms with Crippen LogP contribution in [-0.4, -0.2) is 48.6 Å². The Morgan fingerprint density at radius 1 is 1.39 bits per heavy atom. The van der Waals surface area contributed by atoms with Gasteiger partial charge in [0.2, 0.25) is 5.91 Å². The van der Waals surface area contributed by atoms with Crippen LogP contribution in [0.4, 0.5) is 0 Å². The van der Waals surface area contributed by atoms with E-state index in [1.54, 1.807) is 0 Å². The van der Waals surface area contributed by atoms with Gasteiger partial charge in [-0.3, -0.25) is 9.59 Å². The van der Waals surface area contributed by atoms with Crippen molar-refractivity contribution < 1.29 is 14.3 Å². The monoisotopic (exact) mass is 257 g/mol. The second-order valence-corrected chi connectivity index (χ2v) is 5.14. The lowest BCUT2D eigenvalue weighted by molar-refractivity contribution is -0.145. The van der Waals surface area contributed by atoms with Crippen LogP contribution in [0.25, 0.3) is 0 Å². The summed E-state index contributed by atoms with van der Waals surface area (Å²) in [5.74, 6) is -0.379. The second kappa shape index (κ2) is 6.70. The Balaban J connectivity index is 2.61. The van der Waals surface area contributed by atoms with Gasteiger partial charge in [0.05, 0.1) is 12.6 Å². The van der Waals surface area contributed by atoms with Gasteiger partial charge in [-0.2, -0.15) is 0 Å². The van der Waals surface area contributed by atoms with E-state index in [0.717, 1.165) is 6.42 Å². The van der Waals surface area contributed by atoms with Gasteiger partial charge in [-0.15, -0.1) is 0 Å². The average Bonchev–Trinajstić information content (AvgIpc) is 2.74. The maximum atomic E-state index is 12.2. The summed E-state index contributed by atoms with van der Waals surface area (Å²) in [5.41, 5.74) is 10.7. The summed E-state index contributed by atoms with van der Waals surface area (Å²) in [6.07, 6.45) is 0.928. The summed E-state index contributed by atoms with van der Waals surface area (Å²) in [6.45, 7) is 4.85. The van der Waals surface area contributed by atoms with Crippen molar-refractivity contribution >= 4 is 11.8 Å². The van der Waals surface area contributed by atoms with E-state index in [4.69, 9.17) is 16.2 Å². The van der Waals surface area contributed by atoms with Crippen LogP contribution in [0.1, 0.15) is 26.7 Å². The number of rotatable bonds is 6. The molecule has 0 aromatic heterocycles. The van der Waals surface area contributed by atoms with E-state index in [9.17, 15) is 9.59 Å². The summed E-state index contributed by atoms with van der Waals surface area (Å²) < 4.78 is 5.55. The molecule has 1 saturated heterocycles. The largest absolute Gasteiger partial charge is 0.368 e. The van der Waals surface area contributed by atoms with Crippen molar-refractivity contribution in [2.24, 2.45) is 17.4 Å². The zero-order chi connectivity index (χ0) is 13.7. The zero-order valence-corrected chi connectivity index (χ0v) is 11.1. The fourth-order valence-corrected chi connectivity index (χ4v) is 2.13. The van der Waals surface area contributed by atoms with Gasteiger partial charge in [-0.1, -0.05) is 13.8 Å². The summed E-state index contributed by atoms with van der Waals surface area (Å²) in [6, 6.07) is 0. The number of primary amides is 1. The van der Waals surface area contributed by atoms with Gasteiger partial charge >= 0.3 is 0 Å². The Hall–Kier alpha value is -1.14. The molecule has 104 valence electrons. The molecule has 4 N–H and O–H groups in total. The first kappa shape index (κ1) is 14.9. The van der Waals surface area contributed by atoms with Crippen LogP contribution in [0.3, 0.4) is 0 Å². The smallest absolute Gasteiger partial charge is 0.252 e.